The van der Waals surface area contributed by atoms with Crippen LogP contribution in [0.2, 0.25) is 0 Å². The first-order valence-corrected chi connectivity index (χ1v) is 7.55. The van der Waals surface area contributed by atoms with Gasteiger partial charge in [-0.15, -0.1) is 11.3 Å². The molecule has 0 fully saturated rings. The van der Waals surface area contributed by atoms with E-state index >= 15 is 0 Å². The van der Waals surface area contributed by atoms with E-state index in [0.29, 0.717) is 22.9 Å². The molecule has 2 rings (SSSR count). The smallest absolute Gasteiger partial charge is 0.371 e. The molecule has 0 amide bonds. The molecule has 0 spiro atoms. The Kier molecular flexibility index (Phi) is 5.08. The maximum atomic E-state index is 11.8. The van der Waals surface area contributed by atoms with Crippen molar-refractivity contribution in [3.63, 3.8) is 0 Å². The van der Waals surface area contributed by atoms with E-state index in [2.05, 4.69) is 0 Å². The highest BCUT2D eigenvalue weighted by Gasteiger charge is 2.12. The Balaban J connectivity index is 2.10. The van der Waals surface area contributed by atoms with Gasteiger partial charge in [0, 0.05) is 22.9 Å². The fraction of sp³-hybridized carbons (Fsp3) is 0.118. The average Bonchev–Trinajstić information content (AvgIpc) is 2.96. The number of aliphatic carboxylic acids is 1. The lowest BCUT2D eigenvalue weighted by Crippen LogP contribution is -2.02. The summed E-state index contributed by atoms with van der Waals surface area (Å²) in [4.78, 5) is 34.8. The molecule has 0 atom stereocenters. The van der Waals surface area contributed by atoms with E-state index in [-0.39, 0.29) is 5.78 Å². The molecule has 1 aromatic carbocycles. The van der Waals surface area contributed by atoms with E-state index in [1.807, 2.05) is 12.1 Å². The predicted octanol–water partition coefficient (Wildman–Crippen LogP) is 3.25. The molecule has 0 saturated heterocycles. The van der Waals surface area contributed by atoms with Crippen LogP contribution in [0.3, 0.4) is 0 Å². The molecule has 1 heterocycles. The summed E-state index contributed by atoms with van der Waals surface area (Å²) in [6.45, 7) is 1.51. The number of hydrogen-bond acceptors (Lipinski definition) is 5. The van der Waals surface area contributed by atoms with Crippen molar-refractivity contribution < 1.29 is 24.6 Å². The summed E-state index contributed by atoms with van der Waals surface area (Å²) >= 11 is 1.23. The van der Waals surface area contributed by atoms with Crippen LogP contribution in [0.15, 0.2) is 48.2 Å². The van der Waals surface area contributed by atoms with Gasteiger partial charge in [0.05, 0.1) is 4.88 Å². The minimum Gasteiger partial charge on any atom is -0.502 e. The van der Waals surface area contributed by atoms with Crippen molar-refractivity contribution in [2.75, 3.05) is 0 Å². The number of rotatable bonds is 6. The Labute approximate surface area is 136 Å². The van der Waals surface area contributed by atoms with Crippen LogP contribution >= 0.6 is 11.3 Å². The zero-order chi connectivity index (χ0) is 17.0. The summed E-state index contributed by atoms with van der Waals surface area (Å²) in [7, 11) is 0. The van der Waals surface area contributed by atoms with Gasteiger partial charge in [0.25, 0.3) is 0 Å². The first-order chi connectivity index (χ1) is 10.9. The molecular weight excluding hydrogens is 316 g/mol. The third kappa shape index (κ3) is 4.37. The molecule has 0 bridgehead atoms. The number of hydrogen-bond donors (Lipinski definition) is 2. The van der Waals surface area contributed by atoms with Crippen molar-refractivity contribution in [3.05, 3.63) is 69.1 Å². The van der Waals surface area contributed by atoms with Gasteiger partial charge in [-0.2, -0.15) is 0 Å². The number of aliphatic hydroxyl groups excluding tert-OH is 1. The Morgan fingerprint density at radius 1 is 1.04 bits per heavy atom. The van der Waals surface area contributed by atoms with Crippen molar-refractivity contribution in [1.82, 2.24) is 0 Å². The van der Waals surface area contributed by atoms with Crippen LogP contribution in [0.1, 0.15) is 37.4 Å². The molecule has 0 aliphatic heterocycles. The van der Waals surface area contributed by atoms with Crippen LogP contribution in [0.25, 0.3) is 0 Å². The van der Waals surface area contributed by atoms with Gasteiger partial charge in [0.15, 0.2) is 11.6 Å². The van der Waals surface area contributed by atoms with Gasteiger partial charge in [-0.1, -0.05) is 24.3 Å². The molecule has 23 heavy (non-hydrogen) atoms. The molecular formula is C17H14O5S. The Hall–Kier alpha value is -2.73. The van der Waals surface area contributed by atoms with Crippen molar-refractivity contribution in [2.45, 2.75) is 13.3 Å². The molecule has 0 radical (unpaired) electrons. The fourth-order valence-corrected chi connectivity index (χ4v) is 2.87. The van der Waals surface area contributed by atoms with Crippen LogP contribution in [0.5, 0.6) is 0 Å². The van der Waals surface area contributed by atoms with E-state index in [0.717, 1.165) is 10.4 Å². The molecule has 2 N–H and O–H groups in total. The lowest BCUT2D eigenvalue weighted by atomic mass is 10.1. The van der Waals surface area contributed by atoms with E-state index in [1.54, 1.807) is 24.3 Å². The van der Waals surface area contributed by atoms with Crippen LogP contribution in [-0.4, -0.2) is 27.7 Å². The van der Waals surface area contributed by atoms with Crippen LogP contribution < -0.4 is 0 Å². The minimum atomic E-state index is -1.54. The van der Waals surface area contributed by atoms with Crippen molar-refractivity contribution in [1.29, 1.82) is 0 Å². The number of benzene rings is 1. The first-order valence-electron chi connectivity index (χ1n) is 6.73. The maximum Gasteiger partial charge on any atom is 0.371 e. The number of carboxylic acid groups (broad SMARTS) is 1. The number of carbonyl (C=O) groups excluding carboxylic acids is 2. The number of ketones is 2. The highest BCUT2D eigenvalue weighted by Crippen LogP contribution is 2.21. The summed E-state index contributed by atoms with van der Waals surface area (Å²) in [5.74, 6) is -3.07. The van der Waals surface area contributed by atoms with Crippen molar-refractivity contribution in [3.8, 4) is 0 Å². The minimum absolute atomic E-state index is 0.00517. The van der Waals surface area contributed by atoms with Crippen LogP contribution in [0, 0.1) is 0 Å². The van der Waals surface area contributed by atoms with Gasteiger partial charge in [-0.3, -0.25) is 9.59 Å². The van der Waals surface area contributed by atoms with Crippen molar-refractivity contribution >= 4 is 28.9 Å². The molecule has 0 aliphatic carbocycles. The van der Waals surface area contributed by atoms with Crippen LogP contribution in [0.4, 0.5) is 0 Å². The SMILES string of the molecule is CC(=O)c1ccc(Cc2ccc(C(=O)C=C(O)C(=O)O)s2)cc1. The number of allylic oxidation sites excluding steroid dienone is 1. The zero-order valence-corrected chi connectivity index (χ0v) is 13.1. The monoisotopic (exact) mass is 330 g/mol. The maximum absolute atomic E-state index is 11.8. The molecule has 2 aromatic rings. The topological polar surface area (TPSA) is 91.7 Å². The fourth-order valence-electron chi connectivity index (χ4n) is 1.92. The van der Waals surface area contributed by atoms with E-state index < -0.39 is 17.5 Å². The molecule has 0 aliphatic rings. The van der Waals surface area contributed by atoms with Gasteiger partial charge in [0.2, 0.25) is 5.76 Å². The predicted molar refractivity (Wildman–Crippen MR) is 86.2 cm³/mol. The van der Waals surface area contributed by atoms with Gasteiger partial charge in [-0.25, -0.2) is 4.79 Å². The first kappa shape index (κ1) is 16.6. The third-order valence-corrected chi connectivity index (χ3v) is 4.23. The summed E-state index contributed by atoms with van der Waals surface area (Å²) < 4.78 is 0. The molecule has 0 unspecified atom stereocenters. The van der Waals surface area contributed by atoms with Crippen molar-refractivity contribution in [2.24, 2.45) is 0 Å². The highest BCUT2D eigenvalue weighted by atomic mass is 32.1. The second-order valence-electron chi connectivity index (χ2n) is 4.89. The summed E-state index contributed by atoms with van der Waals surface area (Å²) in [6.07, 6.45) is 1.30. The van der Waals surface area contributed by atoms with Gasteiger partial charge in [-0.05, 0) is 24.6 Å². The number of aliphatic hydroxyl groups is 1. The second kappa shape index (κ2) is 7.02. The largest absolute Gasteiger partial charge is 0.502 e. The third-order valence-electron chi connectivity index (χ3n) is 3.13. The molecule has 6 heteroatoms. The number of carboxylic acids is 1. The highest BCUT2D eigenvalue weighted by molar-refractivity contribution is 7.14. The Bertz CT molecular complexity index is 784. The van der Waals surface area contributed by atoms with Gasteiger partial charge in [0.1, 0.15) is 0 Å². The molecule has 1 aromatic heterocycles. The molecule has 0 saturated carbocycles. The second-order valence-corrected chi connectivity index (χ2v) is 6.06. The number of carbonyl (C=O) groups is 3. The Morgan fingerprint density at radius 2 is 1.70 bits per heavy atom. The van der Waals surface area contributed by atoms with E-state index in [4.69, 9.17) is 10.2 Å². The van der Waals surface area contributed by atoms with Gasteiger partial charge >= 0.3 is 5.97 Å². The Morgan fingerprint density at radius 3 is 2.26 bits per heavy atom. The molecule has 5 nitrogen and oxygen atoms in total. The number of thiophene rings is 1. The van der Waals surface area contributed by atoms with Gasteiger partial charge < -0.3 is 10.2 Å². The molecule has 118 valence electrons. The van der Waals surface area contributed by atoms with Crippen LogP contribution in [-0.2, 0) is 11.2 Å². The zero-order valence-electron chi connectivity index (χ0n) is 12.3. The quantitative estimate of drug-likeness (QED) is 0.482. The summed E-state index contributed by atoms with van der Waals surface area (Å²) in [5, 5.41) is 17.6. The lowest BCUT2D eigenvalue weighted by molar-refractivity contribution is -0.135. The summed E-state index contributed by atoms with van der Waals surface area (Å²) in [5.41, 5.74) is 1.64. The normalized spacial score (nSPS) is 11.3. The number of Topliss-reactive ketones (excluding diaryl/α,β-unsaturated/α-hetero) is 1. The lowest BCUT2D eigenvalue weighted by Gasteiger charge is -2.00. The average molecular weight is 330 g/mol. The van der Waals surface area contributed by atoms with E-state index in [1.165, 1.54) is 18.3 Å². The standard InChI is InChI=1S/C17H14O5S/c1-10(18)12-4-2-11(3-5-12)8-13-6-7-16(23-13)14(19)9-15(20)17(21)22/h2-7,9,20H,8H2,1H3,(H,21,22). The van der Waals surface area contributed by atoms with E-state index in [9.17, 15) is 14.4 Å². The summed E-state index contributed by atoms with van der Waals surface area (Å²) in [6, 6.07) is 10.6.